The fourth-order valence-corrected chi connectivity index (χ4v) is 2.30. The van der Waals surface area contributed by atoms with Crippen LogP contribution in [0, 0.1) is 18.3 Å². The molecule has 1 aliphatic rings. The average Bonchev–Trinajstić information content (AvgIpc) is 2.70. The van der Waals surface area contributed by atoms with Crippen LogP contribution in [-0.4, -0.2) is 18.7 Å². The molecule has 1 atom stereocenters. The Morgan fingerprint density at radius 2 is 2.33 bits per heavy atom. The van der Waals surface area contributed by atoms with E-state index in [0.29, 0.717) is 6.54 Å². The van der Waals surface area contributed by atoms with Crippen molar-refractivity contribution in [2.45, 2.75) is 32.8 Å². The van der Waals surface area contributed by atoms with Gasteiger partial charge in [-0.1, -0.05) is 25.1 Å². The summed E-state index contributed by atoms with van der Waals surface area (Å²) in [6.07, 6.45) is 0.449. The summed E-state index contributed by atoms with van der Waals surface area (Å²) < 4.78 is 5.19. The molecule has 1 fully saturated rings. The maximum Gasteiger partial charge on any atom is 0.414 e. The highest BCUT2D eigenvalue weighted by molar-refractivity contribution is 5.91. The van der Waals surface area contributed by atoms with E-state index in [9.17, 15) is 4.79 Å². The first kappa shape index (κ1) is 12.4. The van der Waals surface area contributed by atoms with Crippen molar-refractivity contribution >= 4 is 11.8 Å². The topological polar surface area (TPSA) is 53.3 Å². The molecule has 0 radical (unpaired) electrons. The van der Waals surface area contributed by atoms with Crippen LogP contribution in [0.5, 0.6) is 0 Å². The molecule has 1 aromatic carbocycles. The summed E-state index contributed by atoms with van der Waals surface area (Å²) >= 11 is 0. The molecule has 2 rings (SSSR count). The van der Waals surface area contributed by atoms with Crippen molar-refractivity contribution < 1.29 is 9.53 Å². The van der Waals surface area contributed by atoms with Crippen LogP contribution >= 0.6 is 0 Å². The summed E-state index contributed by atoms with van der Waals surface area (Å²) in [7, 11) is 0. The van der Waals surface area contributed by atoms with E-state index in [1.54, 1.807) is 4.90 Å². The first-order chi connectivity index (χ1) is 8.67. The molecule has 0 spiro atoms. The van der Waals surface area contributed by atoms with Crippen LogP contribution in [0.4, 0.5) is 10.5 Å². The van der Waals surface area contributed by atoms with Crippen LogP contribution in [0.15, 0.2) is 18.2 Å². The molecule has 0 saturated carbocycles. The lowest BCUT2D eigenvalue weighted by atomic mass is 10.0. The molecule has 0 aliphatic carbocycles. The highest BCUT2D eigenvalue weighted by Crippen LogP contribution is 2.30. The Kier molecular flexibility index (Phi) is 3.52. The van der Waals surface area contributed by atoms with E-state index in [2.05, 4.69) is 6.92 Å². The predicted octanol–water partition coefficient (Wildman–Crippen LogP) is 2.80. The fourth-order valence-electron chi connectivity index (χ4n) is 2.30. The second kappa shape index (κ2) is 5.09. The third kappa shape index (κ3) is 2.17. The van der Waals surface area contributed by atoms with Crippen LogP contribution in [0.1, 0.15) is 24.5 Å². The van der Waals surface area contributed by atoms with Crippen LogP contribution in [0.2, 0.25) is 0 Å². The molecular weight excluding hydrogens is 228 g/mol. The minimum atomic E-state index is -0.348. The Morgan fingerprint density at radius 3 is 3.00 bits per heavy atom. The zero-order valence-electron chi connectivity index (χ0n) is 10.6. The van der Waals surface area contributed by atoms with Gasteiger partial charge in [0.25, 0.3) is 0 Å². The quantitative estimate of drug-likeness (QED) is 0.821. The van der Waals surface area contributed by atoms with E-state index in [1.807, 2.05) is 31.2 Å². The number of nitrogens with zero attached hydrogens (tertiary/aromatic N) is 2. The highest BCUT2D eigenvalue weighted by atomic mass is 16.6. The van der Waals surface area contributed by atoms with Gasteiger partial charge in [-0.25, -0.2) is 4.79 Å². The Bertz CT molecular complexity index is 505. The standard InChI is InChI=1S/C14H16N2O2/c1-3-11-6-4-5-10(2)13(11)16-9-12(7-8-15)18-14(16)17/h4-6,12H,3,7,9H2,1-2H3. The summed E-state index contributed by atoms with van der Waals surface area (Å²) in [5.41, 5.74) is 3.12. The fraction of sp³-hybridized carbons (Fsp3) is 0.429. The molecule has 1 saturated heterocycles. The zero-order chi connectivity index (χ0) is 13.1. The summed E-state index contributed by atoms with van der Waals surface area (Å²) in [5, 5.41) is 8.67. The number of ether oxygens (including phenoxy) is 1. The number of anilines is 1. The Balaban J connectivity index is 2.33. The average molecular weight is 244 g/mol. The third-order valence-electron chi connectivity index (χ3n) is 3.17. The first-order valence-corrected chi connectivity index (χ1v) is 6.11. The lowest BCUT2D eigenvalue weighted by Gasteiger charge is -2.19. The minimum Gasteiger partial charge on any atom is -0.443 e. The van der Waals surface area contributed by atoms with Crippen LogP contribution < -0.4 is 4.90 Å². The molecule has 4 nitrogen and oxygen atoms in total. The largest absolute Gasteiger partial charge is 0.443 e. The number of cyclic esters (lactones) is 1. The molecule has 1 unspecified atom stereocenters. The van der Waals surface area contributed by atoms with Gasteiger partial charge in [-0.15, -0.1) is 0 Å². The second-order valence-electron chi connectivity index (χ2n) is 4.41. The van der Waals surface area contributed by atoms with E-state index in [1.165, 1.54) is 0 Å². The molecule has 1 aromatic rings. The van der Waals surface area contributed by atoms with Gasteiger partial charge >= 0.3 is 6.09 Å². The number of carbonyl (C=O) groups excluding carboxylic acids is 1. The Morgan fingerprint density at radius 1 is 1.56 bits per heavy atom. The number of aryl methyl sites for hydroxylation is 2. The molecule has 1 heterocycles. The maximum atomic E-state index is 11.9. The van der Waals surface area contributed by atoms with Crippen molar-refractivity contribution in [2.24, 2.45) is 0 Å². The third-order valence-corrected chi connectivity index (χ3v) is 3.17. The van der Waals surface area contributed by atoms with Crippen molar-refractivity contribution in [3.63, 3.8) is 0 Å². The van der Waals surface area contributed by atoms with Gasteiger partial charge in [-0.05, 0) is 24.5 Å². The number of para-hydroxylation sites is 1. The van der Waals surface area contributed by atoms with Gasteiger partial charge in [-0.3, -0.25) is 4.90 Å². The summed E-state index contributed by atoms with van der Waals surface area (Å²) in [4.78, 5) is 13.5. The van der Waals surface area contributed by atoms with Crippen molar-refractivity contribution in [2.75, 3.05) is 11.4 Å². The number of benzene rings is 1. The minimum absolute atomic E-state index is 0.246. The molecule has 94 valence electrons. The maximum absolute atomic E-state index is 11.9. The molecule has 4 heteroatoms. The van der Waals surface area contributed by atoms with Gasteiger partial charge in [0, 0.05) is 0 Å². The second-order valence-corrected chi connectivity index (χ2v) is 4.41. The zero-order valence-corrected chi connectivity index (χ0v) is 10.6. The van der Waals surface area contributed by atoms with E-state index >= 15 is 0 Å². The molecular formula is C14H16N2O2. The predicted molar refractivity (Wildman–Crippen MR) is 68.4 cm³/mol. The van der Waals surface area contributed by atoms with E-state index < -0.39 is 0 Å². The normalized spacial score (nSPS) is 18.6. The Hall–Kier alpha value is -2.02. The summed E-state index contributed by atoms with van der Waals surface area (Å²) in [6.45, 7) is 4.51. The van der Waals surface area contributed by atoms with Crippen LogP contribution in [-0.2, 0) is 11.2 Å². The molecule has 18 heavy (non-hydrogen) atoms. The number of nitriles is 1. The van der Waals surface area contributed by atoms with Gasteiger partial charge in [0.15, 0.2) is 0 Å². The highest BCUT2D eigenvalue weighted by Gasteiger charge is 2.33. The lowest BCUT2D eigenvalue weighted by Crippen LogP contribution is -2.26. The van der Waals surface area contributed by atoms with Gasteiger partial charge in [0.1, 0.15) is 6.10 Å². The van der Waals surface area contributed by atoms with Gasteiger partial charge in [-0.2, -0.15) is 5.26 Å². The van der Waals surface area contributed by atoms with E-state index in [0.717, 1.165) is 23.2 Å². The van der Waals surface area contributed by atoms with Crippen molar-refractivity contribution in [1.29, 1.82) is 5.26 Å². The molecule has 1 aliphatic heterocycles. The monoisotopic (exact) mass is 244 g/mol. The molecule has 0 bridgehead atoms. The van der Waals surface area contributed by atoms with Crippen molar-refractivity contribution in [1.82, 2.24) is 0 Å². The summed E-state index contributed by atoms with van der Waals surface area (Å²) in [6, 6.07) is 8.04. The molecule has 0 N–H and O–H groups in total. The smallest absolute Gasteiger partial charge is 0.414 e. The molecule has 0 aromatic heterocycles. The number of carbonyl (C=O) groups is 1. The number of rotatable bonds is 3. The van der Waals surface area contributed by atoms with E-state index in [-0.39, 0.29) is 18.6 Å². The number of hydrogen-bond donors (Lipinski definition) is 0. The van der Waals surface area contributed by atoms with Crippen molar-refractivity contribution in [3.8, 4) is 6.07 Å². The first-order valence-electron chi connectivity index (χ1n) is 6.11. The Labute approximate surface area is 107 Å². The number of amides is 1. The van der Waals surface area contributed by atoms with E-state index in [4.69, 9.17) is 10.00 Å². The van der Waals surface area contributed by atoms with Gasteiger partial charge in [0.05, 0.1) is 24.7 Å². The van der Waals surface area contributed by atoms with Crippen LogP contribution in [0.25, 0.3) is 0 Å². The van der Waals surface area contributed by atoms with Gasteiger partial charge in [0.2, 0.25) is 0 Å². The molecule has 1 amide bonds. The van der Waals surface area contributed by atoms with Gasteiger partial charge < -0.3 is 4.74 Å². The SMILES string of the molecule is CCc1cccc(C)c1N1CC(CC#N)OC1=O. The lowest BCUT2D eigenvalue weighted by molar-refractivity contribution is 0.143. The van der Waals surface area contributed by atoms with Crippen molar-refractivity contribution in [3.05, 3.63) is 29.3 Å². The summed E-state index contributed by atoms with van der Waals surface area (Å²) in [5.74, 6) is 0. The van der Waals surface area contributed by atoms with Crippen LogP contribution in [0.3, 0.4) is 0 Å². The number of hydrogen-bond acceptors (Lipinski definition) is 3.